The van der Waals surface area contributed by atoms with Crippen molar-refractivity contribution in [1.29, 1.82) is 0 Å². The number of nitrogens with two attached hydrogens (primary N) is 1. The van der Waals surface area contributed by atoms with Gasteiger partial charge < -0.3 is 15.4 Å². The van der Waals surface area contributed by atoms with Crippen molar-refractivity contribution in [2.45, 2.75) is 45.2 Å². The smallest absolute Gasteiger partial charge is 0.276 e. The summed E-state index contributed by atoms with van der Waals surface area (Å²) in [5, 5.41) is 8.33. The maximum Gasteiger partial charge on any atom is 0.276 e. The molecule has 2 heterocycles. The fraction of sp³-hybridized carbons (Fsp3) is 0.500. The molecule has 2 atom stereocenters. The first kappa shape index (κ1) is 20.2. The zero-order chi connectivity index (χ0) is 18.0. The molecule has 2 unspecified atom stereocenters. The van der Waals surface area contributed by atoms with E-state index in [0.717, 1.165) is 42.9 Å². The van der Waals surface area contributed by atoms with Crippen LogP contribution >= 0.6 is 12.4 Å². The van der Waals surface area contributed by atoms with E-state index in [1.807, 2.05) is 43.0 Å². The Bertz CT molecular complexity index is 745. The third-order valence-electron chi connectivity index (χ3n) is 4.83. The minimum atomic E-state index is -0.0840. The van der Waals surface area contributed by atoms with Crippen LogP contribution in [0, 0.1) is 6.92 Å². The highest BCUT2D eigenvalue weighted by Crippen LogP contribution is 2.23. The molecule has 1 aliphatic heterocycles. The minimum Gasteiger partial charge on any atom is -0.497 e. The third-order valence-corrected chi connectivity index (χ3v) is 4.83. The summed E-state index contributed by atoms with van der Waals surface area (Å²) in [7, 11) is 1.62. The molecule has 142 valence electrons. The number of nitrogens with zero attached hydrogens (tertiary/aromatic N) is 4. The highest BCUT2D eigenvalue weighted by molar-refractivity contribution is 5.93. The summed E-state index contributed by atoms with van der Waals surface area (Å²) in [5.74, 6) is 0.685. The van der Waals surface area contributed by atoms with Crippen molar-refractivity contribution in [3.63, 3.8) is 0 Å². The molecule has 3 rings (SSSR count). The second-order valence-corrected chi connectivity index (χ2v) is 6.55. The molecule has 1 aromatic heterocycles. The number of carbonyl (C=O) groups excluding carboxylic acids is 1. The monoisotopic (exact) mass is 379 g/mol. The predicted molar refractivity (Wildman–Crippen MR) is 102 cm³/mol. The molecular weight excluding hydrogens is 354 g/mol. The van der Waals surface area contributed by atoms with Gasteiger partial charge in [0.2, 0.25) is 0 Å². The van der Waals surface area contributed by atoms with Gasteiger partial charge in [-0.05, 0) is 57.4 Å². The molecule has 0 bridgehead atoms. The van der Waals surface area contributed by atoms with Crippen molar-refractivity contribution < 1.29 is 9.53 Å². The molecule has 7 nitrogen and oxygen atoms in total. The predicted octanol–water partition coefficient (Wildman–Crippen LogP) is 2.35. The van der Waals surface area contributed by atoms with Gasteiger partial charge in [-0.25, -0.2) is 4.68 Å². The number of amides is 1. The summed E-state index contributed by atoms with van der Waals surface area (Å²) < 4.78 is 6.85. The minimum absolute atomic E-state index is 0. The fourth-order valence-electron chi connectivity index (χ4n) is 3.39. The normalized spacial score (nSPS) is 18.2. The number of carbonyl (C=O) groups is 1. The molecular formula is C18H26ClN5O2. The molecule has 1 aliphatic rings. The zero-order valence-corrected chi connectivity index (χ0v) is 16.2. The Kier molecular flexibility index (Phi) is 6.61. The quantitative estimate of drug-likeness (QED) is 0.881. The van der Waals surface area contributed by atoms with E-state index >= 15 is 0 Å². The van der Waals surface area contributed by atoms with Crippen LogP contribution in [0.1, 0.15) is 42.4 Å². The first-order valence-electron chi connectivity index (χ1n) is 8.66. The Morgan fingerprint density at radius 1 is 1.31 bits per heavy atom. The van der Waals surface area contributed by atoms with Gasteiger partial charge in [-0.1, -0.05) is 5.21 Å². The van der Waals surface area contributed by atoms with Crippen LogP contribution in [0.4, 0.5) is 0 Å². The van der Waals surface area contributed by atoms with E-state index in [1.165, 1.54) is 0 Å². The van der Waals surface area contributed by atoms with Crippen LogP contribution < -0.4 is 10.5 Å². The van der Waals surface area contributed by atoms with Crippen LogP contribution in [0.2, 0.25) is 0 Å². The molecule has 0 aliphatic carbocycles. The fourth-order valence-corrected chi connectivity index (χ4v) is 3.39. The van der Waals surface area contributed by atoms with Gasteiger partial charge in [-0.3, -0.25) is 4.79 Å². The van der Waals surface area contributed by atoms with Gasteiger partial charge >= 0.3 is 0 Å². The van der Waals surface area contributed by atoms with E-state index in [4.69, 9.17) is 10.5 Å². The van der Waals surface area contributed by atoms with Gasteiger partial charge in [0.05, 0.1) is 18.5 Å². The molecule has 2 N–H and O–H groups in total. The van der Waals surface area contributed by atoms with Crippen LogP contribution in [0.5, 0.6) is 5.75 Å². The number of benzene rings is 1. The van der Waals surface area contributed by atoms with Crippen LogP contribution in [0.15, 0.2) is 24.3 Å². The van der Waals surface area contributed by atoms with Crippen molar-refractivity contribution in [3.05, 3.63) is 35.7 Å². The highest BCUT2D eigenvalue weighted by atomic mass is 35.5. The van der Waals surface area contributed by atoms with Crippen molar-refractivity contribution in [3.8, 4) is 11.4 Å². The summed E-state index contributed by atoms with van der Waals surface area (Å²) in [6.07, 6.45) is 3.04. The molecule has 1 aromatic carbocycles. The average molecular weight is 380 g/mol. The topological polar surface area (TPSA) is 86.3 Å². The molecule has 0 radical (unpaired) electrons. The van der Waals surface area contributed by atoms with Crippen LogP contribution in [-0.2, 0) is 0 Å². The largest absolute Gasteiger partial charge is 0.497 e. The molecule has 26 heavy (non-hydrogen) atoms. The Labute approximate surface area is 159 Å². The molecule has 0 spiro atoms. The van der Waals surface area contributed by atoms with Gasteiger partial charge in [0, 0.05) is 18.6 Å². The zero-order valence-electron chi connectivity index (χ0n) is 15.4. The van der Waals surface area contributed by atoms with Crippen LogP contribution in [-0.4, -0.2) is 51.5 Å². The number of hydrogen-bond acceptors (Lipinski definition) is 5. The molecule has 8 heteroatoms. The van der Waals surface area contributed by atoms with Gasteiger partial charge in [-0.2, -0.15) is 0 Å². The number of aromatic nitrogens is 3. The van der Waals surface area contributed by atoms with Crippen molar-refractivity contribution in [1.82, 2.24) is 19.9 Å². The molecule has 2 aromatic rings. The lowest BCUT2D eigenvalue weighted by atomic mass is 9.96. The van der Waals surface area contributed by atoms with E-state index in [1.54, 1.807) is 11.8 Å². The molecule has 1 saturated heterocycles. The average Bonchev–Trinajstić information content (AvgIpc) is 3.02. The van der Waals surface area contributed by atoms with E-state index in [0.29, 0.717) is 5.69 Å². The summed E-state index contributed by atoms with van der Waals surface area (Å²) >= 11 is 0. The number of methoxy groups -OCH3 is 1. The molecule has 1 fully saturated rings. The number of piperidine rings is 1. The SMILES string of the molecule is COc1ccc(-n2nnc(C(=O)N3CCCCC3C(C)N)c2C)cc1.Cl. The Morgan fingerprint density at radius 3 is 2.62 bits per heavy atom. The maximum absolute atomic E-state index is 13.0. The lowest BCUT2D eigenvalue weighted by Crippen LogP contribution is -2.51. The molecule has 1 amide bonds. The number of hydrogen-bond donors (Lipinski definition) is 1. The Hall–Kier alpha value is -2.12. The van der Waals surface area contributed by atoms with Gasteiger partial charge in [0.1, 0.15) is 5.75 Å². The van der Waals surface area contributed by atoms with E-state index in [-0.39, 0.29) is 30.4 Å². The summed E-state index contributed by atoms with van der Waals surface area (Å²) in [5.41, 5.74) is 8.05. The summed E-state index contributed by atoms with van der Waals surface area (Å²) in [6.45, 7) is 4.54. The second kappa shape index (κ2) is 8.51. The second-order valence-electron chi connectivity index (χ2n) is 6.55. The highest BCUT2D eigenvalue weighted by Gasteiger charge is 2.32. The third kappa shape index (κ3) is 3.83. The number of rotatable bonds is 4. The Morgan fingerprint density at radius 2 is 2.00 bits per heavy atom. The van der Waals surface area contributed by atoms with Crippen molar-refractivity contribution in [2.24, 2.45) is 5.73 Å². The van der Waals surface area contributed by atoms with Crippen molar-refractivity contribution in [2.75, 3.05) is 13.7 Å². The standard InChI is InChI=1S/C18H25N5O2.ClH/c1-12(19)16-6-4-5-11-22(16)18(24)17-13(2)23(21-20-17)14-7-9-15(25-3)10-8-14;/h7-10,12,16H,4-6,11,19H2,1-3H3;1H. The van der Waals surface area contributed by atoms with E-state index in [2.05, 4.69) is 10.3 Å². The summed E-state index contributed by atoms with van der Waals surface area (Å²) in [6, 6.07) is 7.50. The van der Waals surface area contributed by atoms with Crippen LogP contribution in [0.3, 0.4) is 0 Å². The van der Waals surface area contributed by atoms with E-state index in [9.17, 15) is 4.79 Å². The van der Waals surface area contributed by atoms with Gasteiger partial charge in [-0.15, -0.1) is 17.5 Å². The number of ether oxygens (including phenoxy) is 1. The van der Waals surface area contributed by atoms with Crippen LogP contribution in [0.25, 0.3) is 5.69 Å². The lowest BCUT2D eigenvalue weighted by molar-refractivity contribution is 0.0577. The van der Waals surface area contributed by atoms with E-state index < -0.39 is 0 Å². The van der Waals surface area contributed by atoms with Gasteiger partial charge in [0.15, 0.2) is 5.69 Å². The number of halogens is 1. The first-order chi connectivity index (χ1) is 12.0. The van der Waals surface area contributed by atoms with Gasteiger partial charge in [0.25, 0.3) is 5.91 Å². The maximum atomic E-state index is 13.0. The van der Waals surface area contributed by atoms with Crippen molar-refractivity contribution >= 4 is 18.3 Å². The first-order valence-corrected chi connectivity index (χ1v) is 8.66. The Balaban J connectivity index is 0.00000243. The summed E-state index contributed by atoms with van der Waals surface area (Å²) in [4.78, 5) is 14.9. The lowest BCUT2D eigenvalue weighted by Gasteiger charge is -2.37. The number of likely N-dealkylation sites (tertiary alicyclic amines) is 1. The molecule has 0 saturated carbocycles.